The minimum atomic E-state index is -2.74. The first-order valence-electron chi connectivity index (χ1n) is 12.8. The lowest BCUT2D eigenvalue weighted by molar-refractivity contribution is -0.153. The first-order chi connectivity index (χ1) is 19.1. The van der Waals surface area contributed by atoms with Crippen LogP contribution in [0.2, 0.25) is 0 Å². The van der Waals surface area contributed by atoms with Gasteiger partial charge in [0.05, 0.1) is 24.4 Å². The Bertz CT molecular complexity index is 1420. The zero-order valence-electron chi connectivity index (χ0n) is 23.7. The number of carbonyl (C=O) groups excluding carboxylic acids is 4. The maximum Gasteiger partial charge on any atom is 0.255 e. The average molecular weight is 574 g/mol. The number of amides is 2. The molecule has 1 aromatic rings. The summed E-state index contributed by atoms with van der Waals surface area (Å²) in [6, 6.07) is 0.371. The fourth-order valence-electron chi connectivity index (χ4n) is 6.24. The number of carbonyl (C=O) groups is 4. The Hall–Kier alpha value is -3.98. The SMILES string of the molecule is CON(C)CC(=O)Nc1cc(N(C)C)c2c(c1O)C(O)=C1C(=O)[C@]3(O)C(O)=C(C(N)=O)C(=O)[C@@H](N(C)C)[C@@H]3C[C@@H]1C2. The van der Waals surface area contributed by atoms with Gasteiger partial charge in [0.25, 0.3) is 5.91 Å². The van der Waals surface area contributed by atoms with E-state index in [4.69, 9.17) is 10.6 Å². The highest BCUT2D eigenvalue weighted by Gasteiger charge is 2.64. The zero-order chi connectivity index (χ0) is 30.7. The monoisotopic (exact) mass is 573 g/mol. The minimum absolute atomic E-state index is 0.0266. The van der Waals surface area contributed by atoms with Gasteiger partial charge in [-0.05, 0) is 44.5 Å². The summed E-state index contributed by atoms with van der Waals surface area (Å²) in [6.45, 7) is -0.175. The Kier molecular flexibility index (Phi) is 7.64. The highest BCUT2D eigenvalue weighted by Crippen LogP contribution is 2.54. The Balaban J connectivity index is 1.92. The smallest absolute Gasteiger partial charge is 0.255 e. The molecule has 222 valence electrons. The van der Waals surface area contributed by atoms with Gasteiger partial charge in [-0.2, -0.15) is 5.06 Å². The molecule has 3 aliphatic carbocycles. The number of aromatic hydroxyl groups is 1. The number of phenols is 1. The minimum Gasteiger partial charge on any atom is -0.508 e. The van der Waals surface area contributed by atoms with Crippen LogP contribution in [0.15, 0.2) is 23.0 Å². The van der Waals surface area contributed by atoms with Crippen molar-refractivity contribution in [2.45, 2.75) is 24.5 Å². The van der Waals surface area contributed by atoms with Crippen molar-refractivity contribution < 1.29 is 44.4 Å². The number of likely N-dealkylation sites (N-methyl/N-ethyl adjacent to an activating group) is 2. The van der Waals surface area contributed by atoms with E-state index in [1.165, 1.54) is 38.2 Å². The summed E-state index contributed by atoms with van der Waals surface area (Å²) in [6.07, 6.45) is 0.0947. The number of hydroxylamine groups is 2. The Morgan fingerprint density at radius 1 is 1.15 bits per heavy atom. The number of hydrogen-bond donors (Lipinski definition) is 6. The maximum atomic E-state index is 14.0. The second kappa shape index (κ2) is 10.4. The number of aliphatic hydroxyl groups is 3. The van der Waals surface area contributed by atoms with E-state index in [9.17, 15) is 39.6 Å². The third-order valence-corrected chi connectivity index (χ3v) is 8.13. The van der Waals surface area contributed by atoms with Crippen molar-refractivity contribution in [2.75, 3.05) is 59.1 Å². The molecule has 0 radical (unpaired) electrons. The van der Waals surface area contributed by atoms with Crippen molar-refractivity contribution in [3.63, 3.8) is 0 Å². The van der Waals surface area contributed by atoms with E-state index in [0.29, 0.717) is 11.3 Å². The highest BCUT2D eigenvalue weighted by atomic mass is 16.7. The molecule has 0 unspecified atom stereocenters. The quantitative estimate of drug-likeness (QED) is 0.138. The number of primary amides is 1. The lowest BCUT2D eigenvalue weighted by Crippen LogP contribution is -2.65. The van der Waals surface area contributed by atoms with Crippen LogP contribution in [-0.4, -0.2) is 114 Å². The molecule has 3 aliphatic rings. The van der Waals surface area contributed by atoms with Gasteiger partial charge in [0.1, 0.15) is 29.4 Å². The van der Waals surface area contributed by atoms with E-state index < -0.39 is 69.7 Å². The van der Waals surface area contributed by atoms with Crippen LogP contribution in [0.25, 0.3) is 5.76 Å². The summed E-state index contributed by atoms with van der Waals surface area (Å²) in [5, 5.41) is 49.3. The van der Waals surface area contributed by atoms with Crippen molar-refractivity contribution in [3.8, 4) is 5.75 Å². The van der Waals surface area contributed by atoms with Crippen molar-refractivity contribution in [3.05, 3.63) is 34.1 Å². The van der Waals surface area contributed by atoms with Crippen LogP contribution >= 0.6 is 0 Å². The van der Waals surface area contributed by atoms with Crippen LogP contribution in [0.1, 0.15) is 17.5 Å². The van der Waals surface area contributed by atoms with Crippen molar-refractivity contribution in [2.24, 2.45) is 17.6 Å². The van der Waals surface area contributed by atoms with Crippen LogP contribution in [0.4, 0.5) is 11.4 Å². The van der Waals surface area contributed by atoms with E-state index in [1.54, 1.807) is 25.1 Å². The van der Waals surface area contributed by atoms with E-state index in [-0.39, 0.29) is 36.2 Å². The van der Waals surface area contributed by atoms with Crippen molar-refractivity contribution in [1.29, 1.82) is 0 Å². The molecule has 41 heavy (non-hydrogen) atoms. The number of fused-ring (bicyclic) bond motifs is 3. The number of nitrogens with zero attached hydrogens (tertiary/aromatic N) is 3. The normalized spacial score (nSPS) is 25.7. The lowest BCUT2D eigenvalue weighted by Gasteiger charge is -2.50. The van der Waals surface area contributed by atoms with Gasteiger partial charge in [0.2, 0.25) is 11.7 Å². The number of aliphatic hydroxyl groups excluding tert-OH is 2. The number of benzene rings is 1. The molecule has 1 aromatic carbocycles. The molecule has 4 atom stereocenters. The number of nitrogens with one attached hydrogen (secondary N) is 1. The van der Waals surface area contributed by atoms with Crippen LogP contribution in [0.5, 0.6) is 5.75 Å². The van der Waals surface area contributed by atoms with Gasteiger partial charge >= 0.3 is 0 Å². The van der Waals surface area contributed by atoms with Gasteiger partial charge in [0.15, 0.2) is 11.4 Å². The van der Waals surface area contributed by atoms with E-state index in [1.807, 2.05) is 0 Å². The van der Waals surface area contributed by atoms with Gasteiger partial charge < -0.3 is 41.2 Å². The molecule has 4 rings (SSSR count). The fraction of sp³-hybridized carbons (Fsp3) is 0.481. The summed E-state index contributed by atoms with van der Waals surface area (Å²) in [5.74, 6) is -7.96. The van der Waals surface area contributed by atoms with Gasteiger partial charge in [-0.3, -0.25) is 24.1 Å². The molecule has 14 nitrogen and oxygen atoms in total. The molecule has 0 heterocycles. The topological polar surface area (TPSA) is 206 Å². The molecular formula is C27H35N5O9. The number of Topliss-reactive ketones (excluding diaryl/α,β-unsaturated/α-hetero) is 2. The number of nitrogens with two attached hydrogens (primary N) is 1. The van der Waals surface area contributed by atoms with Crippen molar-refractivity contribution in [1.82, 2.24) is 9.96 Å². The second-order valence-corrected chi connectivity index (χ2v) is 11.0. The van der Waals surface area contributed by atoms with Crippen LogP contribution in [-0.2, 0) is 30.4 Å². The standard InChI is InChI=1S/C27H35N5O9/c1-30(2)15-9-14(29-16(33)10-32(5)41-6)21(34)18-12(15)7-11-8-13-20(31(3)4)23(36)19(26(28)39)25(38)27(13,40)24(37)17(11)22(18)35/h9,11,13,20,34-35,38,40H,7-8,10H2,1-6H3,(H2,28,39)(H,29,33)/t11-,13-,20-,27-/m0/s1. The Morgan fingerprint density at radius 2 is 1.78 bits per heavy atom. The molecule has 7 N–H and O–H groups in total. The first-order valence-corrected chi connectivity index (χ1v) is 12.8. The summed E-state index contributed by atoms with van der Waals surface area (Å²) in [4.78, 5) is 60.0. The van der Waals surface area contributed by atoms with Crippen molar-refractivity contribution >= 4 is 40.5 Å². The molecule has 1 fully saturated rings. The number of phenolic OH excluding ortho intramolecular Hbond substituents is 1. The number of hydrogen-bond acceptors (Lipinski definition) is 12. The Morgan fingerprint density at radius 3 is 2.32 bits per heavy atom. The van der Waals surface area contributed by atoms with Gasteiger partial charge in [-0.25, -0.2) is 0 Å². The highest BCUT2D eigenvalue weighted by molar-refractivity contribution is 6.24. The molecule has 0 saturated heterocycles. The molecule has 0 aromatic heterocycles. The molecule has 14 heteroatoms. The molecule has 1 saturated carbocycles. The van der Waals surface area contributed by atoms with Crippen LogP contribution in [0.3, 0.4) is 0 Å². The summed E-state index contributed by atoms with van der Waals surface area (Å²) in [7, 11) is 9.46. The Labute approximate surface area is 236 Å². The first kappa shape index (κ1) is 30.0. The lowest BCUT2D eigenvalue weighted by atomic mass is 9.57. The van der Waals surface area contributed by atoms with E-state index >= 15 is 0 Å². The predicted molar refractivity (Wildman–Crippen MR) is 147 cm³/mol. The second-order valence-electron chi connectivity index (χ2n) is 11.0. The molecule has 0 spiro atoms. The predicted octanol–water partition coefficient (Wildman–Crippen LogP) is -0.538. The average Bonchev–Trinajstić information content (AvgIpc) is 2.87. The maximum absolute atomic E-state index is 14.0. The van der Waals surface area contributed by atoms with Gasteiger partial charge in [0, 0.05) is 38.3 Å². The fourth-order valence-corrected chi connectivity index (χ4v) is 6.24. The number of ketones is 2. The third-order valence-electron chi connectivity index (χ3n) is 8.13. The summed E-state index contributed by atoms with van der Waals surface area (Å²) < 4.78 is 0. The molecule has 0 bridgehead atoms. The van der Waals surface area contributed by atoms with E-state index in [0.717, 1.165) is 0 Å². The number of rotatable bonds is 7. The van der Waals surface area contributed by atoms with Gasteiger partial charge in [-0.15, -0.1) is 0 Å². The van der Waals surface area contributed by atoms with E-state index in [2.05, 4.69) is 5.32 Å². The largest absolute Gasteiger partial charge is 0.508 e. The molecule has 0 aliphatic heterocycles. The summed E-state index contributed by atoms with van der Waals surface area (Å²) >= 11 is 0. The zero-order valence-corrected chi connectivity index (χ0v) is 23.7. The van der Waals surface area contributed by atoms with Gasteiger partial charge in [-0.1, -0.05) is 0 Å². The third kappa shape index (κ3) is 4.52. The number of anilines is 2. The molecular weight excluding hydrogens is 538 g/mol. The summed E-state index contributed by atoms with van der Waals surface area (Å²) in [5.41, 5.74) is 2.32. The van der Waals surface area contributed by atoms with Crippen LogP contribution in [0, 0.1) is 11.8 Å². The van der Waals surface area contributed by atoms with Crippen LogP contribution < -0.4 is 16.0 Å². The molecule has 2 amide bonds.